The number of hydrogen-bond acceptors (Lipinski definition) is 0. The highest BCUT2D eigenvalue weighted by molar-refractivity contribution is 5.72. The van der Waals surface area contributed by atoms with Crippen LogP contribution in [0.1, 0.15) is 41.7 Å². The zero-order chi connectivity index (χ0) is 14.6. The average Bonchev–Trinajstić information content (AvgIpc) is 2.35. The van der Waals surface area contributed by atoms with E-state index in [-0.39, 0.29) is 0 Å². The number of benzene rings is 2. The highest BCUT2D eigenvalue weighted by Crippen LogP contribution is 2.29. The maximum Gasteiger partial charge on any atom is -0.0125 e. The third-order valence-corrected chi connectivity index (χ3v) is 3.47. The standard InChI is InChI=1S/C17H20.C2H6/c1-11-8-14(4)17(15(5)9-11)16-7-6-12(2)13(3)10-16;1-2/h6-10H,1-5H3;1-2H3. The second kappa shape index (κ2) is 6.56. The van der Waals surface area contributed by atoms with Crippen molar-refractivity contribution in [2.75, 3.05) is 0 Å². The summed E-state index contributed by atoms with van der Waals surface area (Å²) in [7, 11) is 0. The summed E-state index contributed by atoms with van der Waals surface area (Å²) in [4.78, 5) is 0. The average molecular weight is 254 g/mol. The second-order valence-corrected chi connectivity index (χ2v) is 5.07. The Morgan fingerprint density at radius 3 is 1.58 bits per heavy atom. The minimum Gasteiger partial charge on any atom is -0.0683 e. The zero-order valence-corrected chi connectivity index (χ0v) is 13.4. The van der Waals surface area contributed by atoms with E-state index in [0.29, 0.717) is 0 Å². The summed E-state index contributed by atoms with van der Waals surface area (Å²) in [5.74, 6) is 0. The van der Waals surface area contributed by atoms with Crippen LogP contribution in [0, 0.1) is 34.6 Å². The van der Waals surface area contributed by atoms with Gasteiger partial charge in [-0.15, -0.1) is 0 Å². The summed E-state index contributed by atoms with van der Waals surface area (Å²) in [6.07, 6.45) is 0. The van der Waals surface area contributed by atoms with Crippen molar-refractivity contribution in [1.29, 1.82) is 0 Å². The zero-order valence-electron chi connectivity index (χ0n) is 13.4. The predicted octanol–water partition coefficient (Wildman–Crippen LogP) is 5.92. The van der Waals surface area contributed by atoms with Crippen molar-refractivity contribution in [1.82, 2.24) is 0 Å². The van der Waals surface area contributed by atoms with Crippen molar-refractivity contribution in [3.8, 4) is 11.1 Å². The molecule has 0 fully saturated rings. The predicted molar refractivity (Wildman–Crippen MR) is 86.9 cm³/mol. The summed E-state index contributed by atoms with van der Waals surface area (Å²) in [5.41, 5.74) is 9.52. The molecule has 0 aliphatic heterocycles. The van der Waals surface area contributed by atoms with Gasteiger partial charge >= 0.3 is 0 Å². The molecule has 0 aliphatic rings. The molecule has 2 rings (SSSR count). The Balaban J connectivity index is 0.000000861. The van der Waals surface area contributed by atoms with E-state index in [2.05, 4.69) is 65.0 Å². The molecule has 0 atom stereocenters. The van der Waals surface area contributed by atoms with E-state index in [1.165, 1.54) is 38.9 Å². The fourth-order valence-corrected chi connectivity index (χ4v) is 2.53. The van der Waals surface area contributed by atoms with Crippen molar-refractivity contribution in [2.45, 2.75) is 48.5 Å². The van der Waals surface area contributed by atoms with Crippen molar-refractivity contribution < 1.29 is 0 Å². The maximum atomic E-state index is 2.29. The molecule has 0 aromatic heterocycles. The Morgan fingerprint density at radius 1 is 0.579 bits per heavy atom. The fourth-order valence-electron chi connectivity index (χ4n) is 2.53. The fraction of sp³-hybridized carbons (Fsp3) is 0.368. The van der Waals surface area contributed by atoms with Crippen LogP contribution < -0.4 is 0 Å². The van der Waals surface area contributed by atoms with Crippen LogP contribution in [0.2, 0.25) is 0 Å². The normalized spacial score (nSPS) is 9.84. The summed E-state index contributed by atoms with van der Waals surface area (Å²) >= 11 is 0. The molecule has 0 unspecified atom stereocenters. The van der Waals surface area contributed by atoms with Gasteiger partial charge in [0.05, 0.1) is 0 Å². The first-order valence-electron chi connectivity index (χ1n) is 7.14. The molecule has 102 valence electrons. The van der Waals surface area contributed by atoms with Crippen LogP contribution in [0.25, 0.3) is 11.1 Å². The van der Waals surface area contributed by atoms with Crippen molar-refractivity contribution in [3.63, 3.8) is 0 Å². The van der Waals surface area contributed by atoms with Gasteiger partial charge in [-0.1, -0.05) is 49.7 Å². The minimum atomic E-state index is 1.34. The Hall–Kier alpha value is -1.56. The molecule has 0 aliphatic carbocycles. The molecular formula is C19H26. The van der Waals surface area contributed by atoms with Gasteiger partial charge in [0.2, 0.25) is 0 Å². The van der Waals surface area contributed by atoms with Crippen molar-refractivity contribution >= 4 is 0 Å². The van der Waals surface area contributed by atoms with Gasteiger partial charge in [-0.05, 0) is 68.0 Å². The lowest BCUT2D eigenvalue weighted by Crippen LogP contribution is -1.91. The molecule has 0 radical (unpaired) electrons. The summed E-state index contributed by atoms with van der Waals surface area (Å²) in [6, 6.07) is 11.3. The largest absolute Gasteiger partial charge is 0.0683 e. The highest BCUT2D eigenvalue weighted by atomic mass is 14.1. The SMILES string of the molecule is CC.Cc1cc(C)c(-c2ccc(C)c(C)c2)c(C)c1. The van der Waals surface area contributed by atoms with Crippen LogP contribution >= 0.6 is 0 Å². The molecule has 0 spiro atoms. The van der Waals surface area contributed by atoms with E-state index >= 15 is 0 Å². The molecule has 2 aromatic carbocycles. The van der Waals surface area contributed by atoms with Gasteiger partial charge in [0, 0.05) is 0 Å². The van der Waals surface area contributed by atoms with E-state index in [1.54, 1.807) is 0 Å². The van der Waals surface area contributed by atoms with Crippen molar-refractivity contribution in [2.24, 2.45) is 0 Å². The van der Waals surface area contributed by atoms with Gasteiger partial charge in [-0.2, -0.15) is 0 Å². The third kappa shape index (κ3) is 3.47. The first kappa shape index (κ1) is 15.5. The smallest absolute Gasteiger partial charge is 0.0125 e. The number of hydrogen-bond donors (Lipinski definition) is 0. The van der Waals surface area contributed by atoms with Gasteiger partial charge in [0.1, 0.15) is 0 Å². The Labute approximate surface area is 118 Å². The molecule has 0 saturated heterocycles. The van der Waals surface area contributed by atoms with Crippen LogP contribution in [-0.4, -0.2) is 0 Å². The van der Waals surface area contributed by atoms with Gasteiger partial charge < -0.3 is 0 Å². The molecule has 0 nitrogen and oxygen atoms in total. The van der Waals surface area contributed by atoms with E-state index in [4.69, 9.17) is 0 Å². The van der Waals surface area contributed by atoms with Gasteiger partial charge in [0.15, 0.2) is 0 Å². The monoisotopic (exact) mass is 254 g/mol. The summed E-state index contributed by atoms with van der Waals surface area (Å²) in [5, 5.41) is 0. The molecule has 0 amide bonds. The topological polar surface area (TPSA) is 0 Å². The molecule has 0 N–H and O–H groups in total. The Bertz CT molecular complexity index is 539. The molecule has 0 saturated carbocycles. The summed E-state index contributed by atoms with van der Waals surface area (Å²) < 4.78 is 0. The quantitative estimate of drug-likeness (QED) is 0.592. The first-order valence-corrected chi connectivity index (χ1v) is 7.14. The molecule has 0 heteroatoms. The van der Waals surface area contributed by atoms with Crippen LogP contribution in [0.5, 0.6) is 0 Å². The molecular weight excluding hydrogens is 228 g/mol. The lowest BCUT2D eigenvalue weighted by Gasteiger charge is -2.13. The highest BCUT2D eigenvalue weighted by Gasteiger charge is 2.07. The van der Waals surface area contributed by atoms with E-state index in [0.717, 1.165) is 0 Å². The van der Waals surface area contributed by atoms with Gasteiger partial charge in [-0.25, -0.2) is 0 Å². The molecule has 19 heavy (non-hydrogen) atoms. The molecule has 0 bridgehead atoms. The number of rotatable bonds is 1. The lowest BCUT2D eigenvalue weighted by molar-refractivity contribution is 1.30. The Morgan fingerprint density at radius 2 is 1.11 bits per heavy atom. The van der Waals surface area contributed by atoms with E-state index in [1.807, 2.05) is 13.8 Å². The number of aryl methyl sites for hydroxylation is 5. The van der Waals surface area contributed by atoms with E-state index < -0.39 is 0 Å². The minimum absolute atomic E-state index is 1.34. The third-order valence-electron chi connectivity index (χ3n) is 3.47. The molecule has 0 heterocycles. The Kier molecular flexibility index (Phi) is 5.35. The van der Waals surface area contributed by atoms with Crippen LogP contribution in [0.15, 0.2) is 30.3 Å². The van der Waals surface area contributed by atoms with Gasteiger partial charge in [-0.3, -0.25) is 0 Å². The second-order valence-electron chi connectivity index (χ2n) is 5.07. The van der Waals surface area contributed by atoms with Crippen LogP contribution in [0.3, 0.4) is 0 Å². The maximum absolute atomic E-state index is 2.29. The molecule has 2 aromatic rings. The van der Waals surface area contributed by atoms with Crippen LogP contribution in [-0.2, 0) is 0 Å². The lowest BCUT2D eigenvalue weighted by atomic mass is 9.92. The first-order chi connectivity index (χ1) is 8.99. The summed E-state index contributed by atoms with van der Waals surface area (Å²) in [6.45, 7) is 14.9. The van der Waals surface area contributed by atoms with E-state index in [9.17, 15) is 0 Å². The van der Waals surface area contributed by atoms with Crippen molar-refractivity contribution in [3.05, 3.63) is 58.1 Å². The van der Waals surface area contributed by atoms with Gasteiger partial charge in [0.25, 0.3) is 0 Å². The van der Waals surface area contributed by atoms with Crippen LogP contribution in [0.4, 0.5) is 0 Å².